The van der Waals surface area contributed by atoms with Crippen molar-refractivity contribution in [3.05, 3.63) is 34.5 Å². The number of benzene rings is 1. The van der Waals surface area contributed by atoms with Crippen LogP contribution < -0.4 is 14.2 Å². The van der Waals surface area contributed by atoms with Crippen LogP contribution >= 0.6 is 11.6 Å². The summed E-state index contributed by atoms with van der Waals surface area (Å²) in [7, 11) is 3.16. The quantitative estimate of drug-likeness (QED) is 0.863. The molecule has 20 heavy (non-hydrogen) atoms. The normalized spacial score (nSPS) is 10.2. The van der Waals surface area contributed by atoms with Gasteiger partial charge in [0.15, 0.2) is 5.15 Å². The van der Waals surface area contributed by atoms with Crippen LogP contribution in [-0.4, -0.2) is 24.4 Å². The van der Waals surface area contributed by atoms with Gasteiger partial charge in [0.05, 0.1) is 14.2 Å². The molecule has 5 nitrogen and oxygen atoms in total. The van der Waals surface area contributed by atoms with Crippen molar-refractivity contribution < 1.29 is 14.2 Å². The van der Waals surface area contributed by atoms with Crippen molar-refractivity contribution in [2.45, 2.75) is 13.8 Å². The van der Waals surface area contributed by atoms with Crippen LogP contribution in [0.4, 0.5) is 0 Å². The van der Waals surface area contributed by atoms with Gasteiger partial charge in [-0.3, -0.25) is 0 Å². The molecule has 0 fully saturated rings. The molecule has 0 saturated heterocycles. The Morgan fingerprint density at radius 2 is 1.40 bits per heavy atom. The van der Waals surface area contributed by atoms with E-state index in [4.69, 9.17) is 25.8 Å². The molecule has 1 aromatic heterocycles. The number of rotatable bonds is 4. The summed E-state index contributed by atoms with van der Waals surface area (Å²) in [5, 5.41) is 8.18. The highest BCUT2D eigenvalue weighted by Gasteiger charge is 2.11. The Balaban J connectivity index is 2.37. The molecular weight excluding hydrogens is 280 g/mol. The van der Waals surface area contributed by atoms with E-state index in [1.54, 1.807) is 32.4 Å². The van der Waals surface area contributed by atoms with Gasteiger partial charge in [-0.05, 0) is 19.4 Å². The summed E-state index contributed by atoms with van der Waals surface area (Å²) in [5.41, 5.74) is 1.68. The highest BCUT2D eigenvalue weighted by molar-refractivity contribution is 6.30. The zero-order chi connectivity index (χ0) is 14.7. The Morgan fingerprint density at radius 1 is 0.850 bits per heavy atom. The molecule has 0 unspecified atom stereocenters. The van der Waals surface area contributed by atoms with Gasteiger partial charge in [0.25, 0.3) is 0 Å². The van der Waals surface area contributed by atoms with E-state index in [0.717, 1.165) is 11.1 Å². The molecule has 0 radical (unpaired) electrons. The van der Waals surface area contributed by atoms with E-state index in [1.165, 1.54) is 0 Å². The summed E-state index contributed by atoms with van der Waals surface area (Å²) in [4.78, 5) is 0. The van der Waals surface area contributed by atoms with E-state index >= 15 is 0 Å². The maximum atomic E-state index is 5.92. The van der Waals surface area contributed by atoms with Gasteiger partial charge in [-0.2, -0.15) is 0 Å². The average molecular weight is 295 g/mol. The third-order valence-corrected chi connectivity index (χ3v) is 3.32. The molecule has 0 atom stereocenters. The largest absolute Gasteiger partial charge is 0.496 e. The monoisotopic (exact) mass is 294 g/mol. The highest BCUT2D eigenvalue weighted by Crippen LogP contribution is 2.32. The summed E-state index contributed by atoms with van der Waals surface area (Å²) in [6.07, 6.45) is 0. The molecule has 0 aliphatic heterocycles. The first kappa shape index (κ1) is 14.4. The second-order valence-electron chi connectivity index (χ2n) is 4.20. The molecule has 6 heteroatoms. The van der Waals surface area contributed by atoms with Crippen LogP contribution in [0.3, 0.4) is 0 Å². The Hall–Kier alpha value is -2.01. The lowest BCUT2D eigenvalue weighted by atomic mass is 10.2. The molecule has 0 spiro atoms. The predicted octanol–water partition coefficient (Wildman–Crippen LogP) is 3.56. The fourth-order valence-electron chi connectivity index (χ4n) is 1.60. The van der Waals surface area contributed by atoms with Gasteiger partial charge < -0.3 is 14.2 Å². The van der Waals surface area contributed by atoms with Crippen LogP contribution in [0.1, 0.15) is 11.1 Å². The van der Waals surface area contributed by atoms with Gasteiger partial charge in [-0.25, -0.2) is 0 Å². The third-order valence-electron chi connectivity index (χ3n) is 2.96. The van der Waals surface area contributed by atoms with Crippen LogP contribution in [0.15, 0.2) is 18.2 Å². The van der Waals surface area contributed by atoms with Gasteiger partial charge in [-0.1, -0.05) is 11.6 Å². The minimum absolute atomic E-state index is 0.373. The van der Waals surface area contributed by atoms with E-state index in [2.05, 4.69) is 10.2 Å². The fraction of sp³-hybridized carbons (Fsp3) is 0.286. The van der Waals surface area contributed by atoms with Crippen LogP contribution in [-0.2, 0) is 0 Å². The van der Waals surface area contributed by atoms with E-state index < -0.39 is 0 Å². The minimum atomic E-state index is 0.373. The van der Waals surface area contributed by atoms with E-state index in [9.17, 15) is 0 Å². The van der Waals surface area contributed by atoms with Crippen molar-refractivity contribution in [1.82, 2.24) is 10.2 Å². The molecule has 0 aliphatic rings. The van der Waals surface area contributed by atoms with E-state index in [-0.39, 0.29) is 0 Å². The van der Waals surface area contributed by atoms with Gasteiger partial charge in [0.2, 0.25) is 5.88 Å². The van der Waals surface area contributed by atoms with Crippen molar-refractivity contribution in [3.8, 4) is 23.1 Å². The number of aromatic nitrogens is 2. The van der Waals surface area contributed by atoms with E-state index in [0.29, 0.717) is 28.3 Å². The number of methoxy groups -OCH3 is 2. The SMILES string of the molecule is COc1cc(OC)cc(Oc2nnc(Cl)c(C)c2C)c1. The summed E-state index contributed by atoms with van der Waals surface area (Å²) in [5.74, 6) is 2.23. The lowest BCUT2D eigenvalue weighted by Gasteiger charge is -2.11. The molecule has 0 aliphatic carbocycles. The molecule has 2 rings (SSSR count). The van der Waals surface area contributed by atoms with Crippen molar-refractivity contribution in [2.24, 2.45) is 0 Å². The molecule has 0 saturated carbocycles. The first-order valence-electron chi connectivity index (χ1n) is 5.95. The van der Waals surface area contributed by atoms with Crippen molar-refractivity contribution in [1.29, 1.82) is 0 Å². The van der Waals surface area contributed by atoms with Crippen LogP contribution in [0.2, 0.25) is 5.15 Å². The van der Waals surface area contributed by atoms with Crippen LogP contribution in [0.25, 0.3) is 0 Å². The molecular formula is C14H15ClN2O3. The topological polar surface area (TPSA) is 53.5 Å². The zero-order valence-electron chi connectivity index (χ0n) is 11.7. The second-order valence-corrected chi connectivity index (χ2v) is 4.55. The Kier molecular flexibility index (Phi) is 4.29. The van der Waals surface area contributed by atoms with Crippen LogP contribution in [0, 0.1) is 13.8 Å². The maximum Gasteiger partial charge on any atom is 0.242 e. The third kappa shape index (κ3) is 2.93. The molecule has 0 bridgehead atoms. The zero-order valence-corrected chi connectivity index (χ0v) is 12.5. The molecule has 2 aromatic rings. The molecule has 106 valence electrons. The Morgan fingerprint density at radius 3 is 1.95 bits per heavy atom. The fourth-order valence-corrected chi connectivity index (χ4v) is 1.78. The van der Waals surface area contributed by atoms with Gasteiger partial charge in [-0.15, -0.1) is 10.2 Å². The van der Waals surface area contributed by atoms with Gasteiger partial charge >= 0.3 is 0 Å². The number of halogens is 1. The minimum Gasteiger partial charge on any atom is -0.496 e. The molecule has 1 aromatic carbocycles. The average Bonchev–Trinajstić information content (AvgIpc) is 2.47. The summed E-state index contributed by atoms with van der Waals surface area (Å²) >= 11 is 5.92. The number of ether oxygens (including phenoxy) is 3. The van der Waals surface area contributed by atoms with Gasteiger partial charge in [0, 0.05) is 23.8 Å². The van der Waals surface area contributed by atoms with Gasteiger partial charge in [0.1, 0.15) is 17.2 Å². The summed E-state index contributed by atoms with van der Waals surface area (Å²) in [6, 6.07) is 5.25. The number of hydrogen-bond donors (Lipinski definition) is 0. The van der Waals surface area contributed by atoms with Crippen molar-refractivity contribution in [3.63, 3.8) is 0 Å². The number of nitrogens with zero attached hydrogens (tertiary/aromatic N) is 2. The van der Waals surface area contributed by atoms with Crippen molar-refractivity contribution in [2.75, 3.05) is 14.2 Å². The lowest BCUT2D eigenvalue weighted by molar-refractivity contribution is 0.384. The molecule has 0 N–H and O–H groups in total. The smallest absolute Gasteiger partial charge is 0.242 e. The first-order chi connectivity index (χ1) is 9.55. The summed E-state index contributed by atoms with van der Waals surface area (Å²) < 4.78 is 16.1. The maximum absolute atomic E-state index is 5.92. The van der Waals surface area contributed by atoms with Crippen LogP contribution in [0.5, 0.6) is 23.1 Å². The summed E-state index contributed by atoms with van der Waals surface area (Å²) in [6.45, 7) is 3.74. The Labute approximate surface area is 122 Å². The van der Waals surface area contributed by atoms with E-state index in [1.807, 2.05) is 13.8 Å². The molecule has 1 heterocycles. The highest BCUT2D eigenvalue weighted by atomic mass is 35.5. The first-order valence-corrected chi connectivity index (χ1v) is 6.33. The van der Waals surface area contributed by atoms with Crippen molar-refractivity contribution >= 4 is 11.6 Å². The standard InChI is InChI=1S/C14H15ClN2O3/c1-8-9(2)14(17-16-13(8)15)20-12-6-10(18-3)5-11(7-12)19-4/h5-7H,1-4H3. The Bertz CT molecular complexity index is 610. The number of hydrogen-bond acceptors (Lipinski definition) is 5. The molecule has 0 amide bonds. The predicted molar refractivity (Wildman–Crippen MR) is 76.1 cm³/mol. The second kappa shape index (κ2) is 5.96. The lowest BCUT2D eigenvalue weighted by Crippen LogP contribution is -1.98.